The Bertz CT molecular complexity index is 534. The highest BCUT2D eigenvalue weighted by Crippen LogP contribution is 2.40. The lowest BCUT2D eigenvalue weighted by Gasteiger charge is -2.33. The van der Waals surface area contributed by atoms with Crippen molar-refractivity contribution in [1.82, 2.24) is 20.0 Å². The number of nitrogens with one attached hydrogen (secondary N) is 1. The molecule has 1 spiro atoms. The van der Waals surface area contributed by atoms with E-state index in [1.54, 1.807) is 4.68 Å². The summed E-state index contributed by atoms with van der Waals surface area (Å²) in [5.74, 6) is 0.252. The summed E-state index contributed by atoms with van der Waals surface area (Å²) in [5.41, 5.74) is 1.94. The molecular weight excluding hydrogens is 276 g/mol. The van der Waals surface area contributed by atoms with Crippen molar-refractivity contribution >= 4 is 17.5 Å². The second kappa shape index (κ2) is 5.04. The van der Waals surface area contributed by atoms with E-state index in [-0.39, 0.29) is 11.3 Å². The molecule has 0 bridgehead atoms. The molecule has 2 saturated heterocycles. The average molecular weight is 297 g/mol. The van der Waals surface area contributed by atoms with Gasteiger partial charge in [-0.25, -0.2) is 0 Å². The third kappa shape index (κ3) is 2.33. The fraction of sp³-hybridized carbons (Fsp3) is 0.714. The molecule has 1 aromatic rings. The van der Waals surface area contributed by atoms with Crippen molar-refractivity contribution in [1.29, 1.82) is 0 Å². The Morgan fingerprint density at radius 2 is 2.10 bits per heavy atom. The number of carbonyl (C=O) groups is 1. The molecule has 1 aromatic heterocycles. The molecule has 5 nitrogen and oxygen atoms in total. The van der Waals surface area contributed by atoms with E-state index < -0.39 is 0 Å². The van der Waals surface area contributed by atoms with E-state index in [0.717, 1.165) is 43.9 Å². The monoisotopic (exact) mass is 296 g/mol. The minimum absolute atomic E-state index is 0.183. The first-order chi connectivity index (χ1) is 9.51. The Kier molecular flexibility index (Phi) is 3.50. The number of halogens is 1. The summed E-state index contributed by atoms with van der Waals surface area (Å²) in [7, 11) is 1.88. The summed E-state index contributed by atoms with van der Waals surface area (Å²) < 4.78 is 1.79. The third-order valence-corrected chi connectivity index (χ3v) is 5.16. The first kappa shape index (κ1) is 13.9. The van der Waals surface area contributed by atoms with Crippen molar-refractivity contribution in [2.24, 2.45) is 12.5 Å². The largest absolute Gasteiger partial charge is 0.336 e. The average Bonchev–Trinajstić information content (AvgIpc) is 2.83. The molecular formula is C14H21ClN4O. The second-order valence-electron chi connectivity index (χ2n) is 6.15. The van der Waals surface area contributed by atoms with Crippen molar-refractivity contribution < 1.29 is 4.79 Å². The molecule has 0 saturated carbocycles. The molecule has 3 rings (SSSR count). The van der Waals surface area contributed by atoms with Crippen LogP contribution in [0.15, 0.2) is 0 Å². The molecule has 0 aromatic carbocycles. The number of rotatable bonds is 2. The van der Waals surface area contributed by atoms with E-state index in [1.807, 2.05) is 18.9 Å². The van der Waals surface area contributed by atoms with Crippen molar-refractivity contribution in [3.8, 4) is 0 Å². The predicted octanol–water partition coefficient (Wildman–Crippen LogP) is 1.48. The Balaban J connectivity index is 1.76. The van der Waals surface area contributed by atoms with E-state index in [4.69, 9.17) is 11.6 Å². The summed E-state index contributed by atoms with van der Waals surface area (Å²) in [5, 5.41) is 8.38. The smallest absolute Gasteiger partial charge is 0.223 e. The molecule has 1 amide bonds. The van der Waals surface area contributed by atoms with Gasteiger partial charge >= 0.3 is 0 Å². The fourth-order valence-electron chi connectivity index (χ4n) is 3.45. The lowest BCUT2D eigenvalue weighted by atomic mass is 9.78. The zero-order valence-electron chi connectivity index (χ0n) is 12.1. The standard InChI is InChI=1S/C14H21ClN4O/c1-10-13(15)11(18(2)17-10)8-19-9-14(7-12(19)20)3-5-16-6-4-14/h16H,3-9H2,1-2H3. The Morgan fingerprint density at radius 3 is 2.70 bits per heavy atom. The van der Waals surface area contributed by atoms with Crippen LogP contribution in [0.1, 0.15) is 30.7 Å². The van der Waals surface area contributed by atoms with Crippen molar-refractivity contribution in [3.63, 3.8) is 0 Å². The highest BCUT2D eigenvalue weighted by atomic mass is 35.5. The molecule has 2 aliphatic rings. The van der Waals surface area contributed by atoms with E-state index in [0.29, 0.717) is 18.0 Å². The van der Waals surface area contributed by atoms with E-state index >= 15 is 0 Å². The van der Waals surface area contributed by atoms with Gasteiger partial charge in [-0.2, -0.15) is 5.10 Å². The number of aromatic nitrogens is 2. The molecule has 0 atom stereocenters. The highest BCUT2D eigenvalue weighted by molar-refractivity contribution is 6.31. The zero-order chi connectivity index (χ0) is 14.3. The molecule has 6 heteroatoms. The van der Waals surface area contributed by atoms with Crippen LogP contribution in [0.2, 0.25) is 5.02 Å². The molecule has 2 fully saturated rings. The van der Waals surface area contributed by atoms with Crippen molar-refractivity contribution in [2.45, 2.75) is 32.7 Å². The SMILES string of the molecule is Cc1nn(C)c(CN2CC3(CCNCC3)CC2=O)c1Cl. The number of amides is 1. The van der Waals surface area contributed by atoms with Crippen LogP contribution >= 0.6 is 11.6 Å². The number of hydrogen-bond acceptors (Lipinski definition) is 3. The summed E-state index contributed by atoms with van der Waals surface area (Å²) in [4.78, 5) is 14.3. The summed E-state index contributed by atoms with van der Waals surface area (Å²) in [6.07, 6.45) is 2.86. The van der Waals surface area contributed by atoms with E-state index in [2.05, 4.69) is 10.4 Å². The minimum atomic E-state index is 0.183. The summed E-state index contributed by atoms with van der Waals surface area (Å²) in [6, 6.07) is 0. The quantitative estimate of drug-likeness (QED) is 0.899. The minimum Gasteiger partial charge on any atom is -0.336 e. The highest BCUT2D eigenvalue weighted by Gasteiger charge is 2.43. The molecule has 1 N–H and O–H groups in total. The summed E-state index contributed by atoms with van der Waals surface area (Å²) in [6.45, 7) is 5.36. The van der Waals surface area contributed by atoms with Crippen LogP contribution in [0, 0.1) is 12.3 Å². The van der Waals surface area contributed by atoms with Gasteiger partial charge in [-0.3, -0.25) is 9.48 Å². The number of carbonyl (C=O) groups excluding carboxylic acids is 1. The maximum absolute atomic E-state index is 12.3. The number of aryl methyl sites for hydroxylation is 2. The molecule has 2 aliphatic heterocycles. The van der Waals surface area contributed by atoms with Crippen LogP contribution in [0.25, 0.3) is 0 Å². The molecule has 110 valence electrons. The maximum atomic E-state index is 12.3. The van der Waals surface area contributed by atoms with E-state index in [9.17, 15) is 4.79 Å². The van der Waals surface area contributed by atoms with Gasteiger partial charge in [0.1, 0.15) is 0 Å². The Hall–Kier alpha value is -1.07. The maximum Gasteiger partial charge on any atom is 0.223 e. The number of likely N-dealkylation sites (tertiary alicyclic amines) is 1. The number of hydrogen-bond donors (Lipinski definition) is 1. The molecule has 3 heterocycles. The van der Waals surface area contributed by atoms with Crippen LogP contribution in [0.4, 0.5) is 0 Å². The second-order valence-corrected chi connectivity index (χ2v) is 6.52. The van der Waals surface area contributed by atoms with Crippen LogP contribution in [-0.4, -0.2) is 40.2 Å². The molecule has 0 unspecified atom stereocenters. The van der Waals surface area contributed by atoms with E-state index in [1.165, 1.54) is 0 Å². The van der Waals surface area contributed by atoms with Crippen LogP contribution in [-0.2, 0) is 18.4 Å². The first-order valence-corrected chi connectivity index (χ1v) is 7.55. The summed E-state index contributed by atoms with van der Waals surface area (Å²) >= 11 is 6.29. The lowest BCUT2D eigenvalue weighted by molar-refractivity contribution is -0.128. The number of piperidine rings is 1. The van der Waals surface area contributed by atoms with Gasteiger partial charge in [0.2, 0.25) is 5.91 Å². The molecule has 0 radical (unpaired) electrons. The first-order valence-electron chi connectivity index (χ1n) is 7.17. The van der Waals surface area contributed by atoms with Gasteiger partial charge in [-0.05, 0) is 38.3 Å². The van der Waals surface area contributed by atoms with Gasteiger partial charge in [-0.15, -0.1) is 0 Å². The molecule has 0 aliphatic carbocycles. The van der Waals surface area contributed by atoms with Crippen molar-refractivity contribution in [2.75, 3.05) is 19.6 Å². The van der Waals surface area contributed by atoms with Gasteiger partial charge in [0.15, 0.2) is 0 Å². The van der Waals surface area contributed by atoms with Gasteiger partial charge in [0.05, 0.1) is 23.0 Å². The number of nitrogens with zero attached hydrogens (tertiary/aromatic N) is 3. The zero-order valence-corrected chi connectivity index (χ0v) is 12.8. The molecule has 20 heavy (non-hydrogen) atoms. The Labute approximate surface area is 124 Å². The third-order valence-electron chi connectivity index (χ3n) is 4.67. The van der Waals surface area contributed by atoms with Crippen LogP contribution < -0.4 is 5.32 Å². The van der Waals surface area contributed by atoms with Gasteiger partial charge in [-0.1, -0.05) is 11.6 Å². The Morgan fingerprint density at radius 1 is 1.40 bits per heavy atom. The normalized spacial score (nSPS) is 21.9. The van der Waals surface area contributed by atoms with Gasteiger partial charge in [0.25, 0.3) is 0 Å². The van der Waals surface area contributed by atoms with Crippen LogP contribution in [0.5, 0.6) is 0 Å². The predicted molar refractivity (Wildman–Crippen MR) is 77.5 cm³/mol. The van der Waals surface area contributed by atoms with Crippen LogP contribution in [0.3, 0.4) is 0 Å². The fourth-order valence-corrected chi connectivity index (χ4v) is 3.67. The topological polar surface area (TPSA) is 50.2 Å². The van der Waals surface area contributed by atoms with Gasteiger partial charge < -0.3 is 10.2 Å². The van der Waals surface area contributed by atoms with Crippen molar-refractivity contribution in [3.05, 3.63) is 16.4 Å². The lowest BCUT2D eigenvalue weighted by Crippen LogP contribution is -2.38. The van der Waals surface area contributed by atoms with Gasteiger partial charge in [0, 0.05) is 20.0 Å².